The number of piperidine rings is 1. The van der Waals surface area contributed by atoms with Gasteiger partial charge in [0.05, 0.1) is 6.54 Å². The molecule has 0 amide bonds. The third kappa shape index (κ3) is 2.59. The Bertz CT molecular complexity index is 342. The van der Waals surface area contributed by atoms with Gasteiger partial charge in [-0.3, -0.25) is 4.90 Å². The molecule has 1 aromatic rings. The summed E-state index contributed by atoms with van der Waals surface area (Å²) in [6.45, 7) is 7.08. The molecule has 0 saturated carbocycles. The first kappa shape index (κ1) is 11.5. The summed E-state index contributed by atoms with van der Waals surface area (Å²) in [5, 5.41) is 7.32. The quantitative estimate of drug-likeness (QED) is 0.828. The first-order valence-corrected chi connectivity index (χ1v) is 5.82. The fourth-order valence-corrected chi connectivity index (χ4v) is 2.06. The maximum atomic E-state index is 4.97. The summed E-state index contributed by atoms with van der Waals surface area (Å²) in [6.07, 6.45) is 2.33. The summed E-state index contributed by atoms with van der Waals surface area (Å²) >= 11 is 0. The lowest BCUT2D eigenvalue weighted by atomic mass is 9.90. The van der Waals surface area contributed by atoms with Crippen molar-refractivity contribution in [1.82, 2.24) is 20.4 Å². The van der Waals surface area contributed by atoms with Gasteiger partial charge in [-0.05, 0) is 26.8 Å². The lowest BCUT2D eigenvalue weighted by molar-refractivity contribution is 0.142. The molecule has 0 spiro atoms. The van der Waals surface area contributed by atoms with Gasteiger partial charge < -0.3 is 9.84 Å². The average molecular weight is 224 g/mol. The average Bonchev–Trinajstić information content (AvgIpc) is 2.68. The molecule has 0 radical (unpaired) electrons. The van der Waals surface area contributed by atoms with E-state index in [0.717, 1.165) is 25.5 Å². The molecule has 2 rings (SSSR count). The van der Waals surface area contributed by atoms with Gasteiger partial charge in [0.1, 0.15) is 0 Å². The van der Waals surface area contributed by atoms with Gasteiger partial charge in [0.25, 0.3) is 0 Å². The lowest BCUT2D eigenvalue weighted by Crippen LogP contribution is -2.49. The highest BCUT2D eigenvalue weighted by atomic mass is 16.5. The van der Waals surface area contributed by atoms with Crippen molar-refractivity contribution in [3.8, 4) is 0 Å². The maximum absolute atomic E-state index is 4.97. The Labute approximate surface area is 96.2 Å². The van der Waals surface area contributed by atoms with E-state index < -0.39 is 0 Å². The predicted octanol–water partition coefficient (Wildman–Crippen LogP) is 0.952. The second kappa shape index (κ2) is 4.51. The molecular formula is C11H20N4O. The highest BCUT2D eigenvalue weighted by Gasteiger charge is 2.28. The van der Waals surface area contributed by atoms with Crippen molar-refractivity contribution in [2.24, 2.45) is 0 Å². The van der Waals surface area contributed by atoms with Crippen molar-refractivity contribution in [1.29, 1.82) is 0 Å². The van der Waals surface area contributed by atoms with Crippen LogP contribution in [0.25, 0.3) is 0 Å². The molecule has 90 valence electrons. The van der Waals surface area contributed by atoms with Crippen LogP contribution < -0.4 is 5.32 Å². The van der Waals surface area contributed by atoms with E-state index in [2.05, 4.69) is 27.3 Å². The Morgan fingerprint density at radius 1 is 1.44 bits per heavy atom. The number of nitrogens with zero attached hydrogens (tertiary/aromatic N) is 3. The second-order valence-corrected chi connectivity index (χ2v) is 4.82. The van der Waals surface area contributed by atoms with Crippen LogP contribution in [0, 0.1) is 6.92 Å². The van der Waals surface area contributed by atoms with E-state index in [0.29, 0.717) is 11.4 Å². The van der Waals surface area contributed by atoms with Crippen LogP contribution in [0.3, 0.4) is 0 Å². The molecule has 0 bridgehead atoms. The molecule has 1 saturated heterocycles. The van der Waals surface area contributed by atoms with Crippen LogP contribution in [0.1, 0.15) is 31.5 Å². The zero-order valence-corrected chi connectivity index (χ0v) is 10.3. The SMILES string of the molecule is CNC1(C)CCN(Cc2noc(C)n2)CC1. The van der Waals surface area contributed by atoms with Gasteiger partial charge in [0, 0.05) is 25.6 Å². The van der Waals surface area contributed by atoms with Gasteiger partial charge >= 0.3 is 0 Å². The molecular weight excluding hydrogens is 204 g/mol. The first-order valence-electron chi connectivity index (χ1n) is 5.82. The van der Waals surface area contributed by atoms with E-state index in [1.165, 1.54) is 12.8 Å². The van der Waals surface area contributed by atoms with Crippen LogP contribution in [0.15, 0.2) is 4.52 Å². The number of aromatic nitrogens is 2. The molecule has 1 N–H and O–H groups in total. The van der Waals surface area contributed by atoms with E-state index in [1.54, 1.807) is 0 Å². The van der Waals surface area contributed by atoms with Crippen LogP contribution in [0.5, 0.6) is 0 Å². The van der Waals surface area contributed by atoms with Gasteiger partial charge in [0.2, 0.25) is 5.89 Å². The van der Waals surface area contributed by atoms with Crippen LogP contribution >= 0.6 is 0 Å². The highest BCUT2D eigenvalue weighted by Crippen LogP contribution is 2.21. The summed E-state index contributed by atoms with van der Waals surface area (Å²) in [5.74, 6) is 1.44. The molecule has 0 atom stereocenters. The van der Waals surface area contributed by atoms with Crippen molar-refractivity contribution in [3.05, 3.63) is 11.7 Å². The Morgan fingerprint density at radius 3 is 2.62 bits per heavy atom. The van der Waals surface area contributed by atoms with Crippen molar-refractivity contribution in [3.63, 3.8) is 0 Å². The molecule has 0 aromatic carbocycles. The summed E-state index contributed by atoms with van der Waals surface area (Å²) in [7, 11) is 2.04. The third-order valence-electron chi connectivity index (χ3n) is 3.50. The largest absolute Gasteiger partial charge is 0.340 e. The van der Waals surface area contributed by atoms with Crippen molar-refractivity contribution < 1.29 is 4.52 Å². The predicted molar refractivity (Wildman–Crippen MR) is 61.0 cm³/mol. The zero-order chi connectivity index (χ0) is 11.6. The molecule has 0 aliphatic carbocycles. The summed E-state index contributed by atoms with van der Waals surface area (Å²) in [6, 6.07) is 0. The fraction of sp³-hybridized carbons (Fsp3) is 0.818. The summed E-state index contributed by atoms with van der Waals surface area (Å²) in [4.78, 5) is 6.60. The van der Waals surface area contributed by atoms with Crippen molar-refractivity contribution in [2.45, 2.75) is 38.8 Å². The monoisotopic (exact) mass is 224 g/mol. The molecule has 1 aliphatic rings. The van der Waals surface area contributed by atoms with Gasteiger partial charge in [-0.1, -0.05) is 5.16 Å². The Balaban J connectivity index is 1.86. The molecule has 0 unspecified atom stereocenters. The Kier molecular flexibility index (Phi) is 3.25. The van der Waals surface area contributed by atoms with Gasteiger partial charge in [-0.15, -0.1) is 0 Å². The van der Waals surface area contributed by atoms with E-state index in [9.17, 15) is 0 Å². The maximum Gasteiger partial charge on any atom is 0.223 e. The summed E-state index contributed by atoms with van der Waals surface area (Å²) in [5.41, 5.74) is 0.295. The van der Waals surface area contributed by atoms with E-state index in [-0.39, 0.29) is 0 Å². The molecule has 5 nitrogen and oxygen atoms in total. The topological polar surface area (TPSA) is 54.2 Å². The number of hydrogen-bond donors (Lipinski definition) is 1. The van der Waals surface area contributed by atoms with Crippen LogP contribution in [0.4, 0.5) is 0 Å². The molecule has 1 aromatic heterocycles. The summed E-state index contributed by atoms with van der Waals surface area (Å²) < 4.78 is 4.97. The molecule has 16 heavy (non-hydrogen) atoms. The Morgan fingerprint density at radius 2 is 2.12 bits per heavy atom. The molecule has 1 fully saturated rings. The van der Waals surface area contributed by atoms with Crippen molar-refractivity contribution in [2.75, 3.05) is 20.1 Å². The Hall–Kier alpha value is -0.940. The van der Waals surface area contributed by atoms with E-state index in [4.69, 9.17) is 4.52 Å². The van der Waals surface area contributed by atoms with E-state index >= 15 is 0 Å². The second-order valence-electron chi connectivity index (χ2n) is 4.82. The number of aryl methyl sites for hydroxylation is 1. The number of rotatable bonds is 3. The van der Waals surface area contributed by atoms with Crippen molar-refractivity contribution >= 4 is 0 Å². The van der Waals surface area contributed by atoms with Crippen LogP contribution in [-0.2, 0) is 6.54 Å². The van der Waals surface area contributed by atoms with Crippen LogP contribution in [0.2, 0.25) is 0 Å². The molecule has 2 heterocycles. The van der Waals surface area contributed by atoms with E-state index in [1.807, 2.05) is 14.0 Å². The van der Waals surface area contributed by atoms with Gasteiger partial charge in [0.15, 0.2) is 5.82 Å². The normalized spacial score (nSPS) is 21.2. The third-order valence-corrected chi connectivity index (χ3v) is 3.50. The highest BCUT2D eigenvalue weighted by molar-refractivity contribution is 4.91. The molecule has 1 aliphatic heterocycles. The smallest absolute Gasteiger partial charge is 0.223 e. The van der Waals surface area contributed by atoms with Crippen LogP contribution in [-0.4, -0.2) is 40.7 Å². The standard InChI is InChI=1S/C11H20N4O/c1-9-13-10(14-16-9)8-15-6-4-11(2,12-3)5-7-15/h12H,4-8H2,1-3H3. The number of hydrogen-bond acceptors (Lipinski definition) is 5. The fourth-order valence-electron chi connectivity index (χ4n) is 2.06. The number of nitrogens with one attached hydrogen (secondary N) is 1. The first-order chi connectivity index (χ1) is 7.61. The minimum atomic E-state index is 0.295. The minimum absolute atomic E-state index is 0.295. The molecule has 5 heteroatoms. The lowest BCUT2D eigenvalue weighted by Gasteiger charge is -2.38. The van der Waals surface area contributed by atoms with Gasteiger partial charge in [-0.2, -0.15) is 4.98 Å². The number of likely N-dealkylation sites (tertiary alicyclic amines) is 1. The zero-order valence-electron chi connectivity index (χ0n) is 10.3. The minimum Gasteiger partial charge on any atom is -0.340 e. The van der Waals surface area contributed by atoms with Gasteiger partial charge in [-0.25, -0.2) is 0 Å².